The lowest BCUT2D eigenvalue weighted by atomic mass is 9.80. The lowest BCUT2D eigenvalue weighted by Crippen LogP contribution is -2.16. The second-order valence-electron chi connectivity index (χ2n) is 5.98. The van der Waals surface area contributed by atoms with Gasteiger partial charge in [0, 0.05) is 12.5 Å². The number of aliphatic hydroxyl groups is 1. The zero-order valence-electron chi connectivity index (χ0n) is 11.5. The molecule has 1 saturated heterocycles. The zero-order valence-corrected chi connectivity index (χ0v) is 11.5. The molecule has 4 atom stereocenters. The van der Waals surface area contributed by atoms with Crippen LogP contribution in [0.1, 0.15) is 69.1 Å². The van der Waals surface area contributed by atoms with Gasteiger partial charge >= 0.3 is 0 Å². The quantitative estimate of drug-likeness (QED) is 0.876. The molecule has 0 spiro atoms. The summed E-state index contributed by atoms with van der Waals surface area (Å²) >= 11 is 0. The Kier molecular flexibility index (Phi) is 3.84. The summed E-state index contributed by atoms with van der Waals surface area (Å²) in [7, 11) is 0. The molecule has 3 rings (SSSR count). The average molecular weight is 265 g/mol. The van der Waals surface area contributed by atoms with Crippen molar-refractivity contribution >= 4 is 0 Å². The first-order chi connectivity index (χ1) is 9.26. The number of hydrogen-bond acceptors (Lipinski definition) is 5. The molecule has 5 heteroatoms. The third-order valence-electron chi connectivity index (χ3n) is 4.59. The van der Waals surface area contributed by atoms with Gasteiger partial charge in [-0.2, -0.15) is 4.98 Å². The summed E-state index contributed by atoms with van der Waals surface area (Å²) in [5, 5.41) is 16.9. The molecule has 1 aromatic rings. The molecule has 1 aromatic heterocycles. The summed E-state index contributed by atoms with van der Waals surface area (Å²) in [5.74, 6) is 2.79. The van der Waals surface area contributed by atoms with E-state index in [2.05, 4.69) is 22.4 Å². The van der Waals surface area contributed by atoms with E-state index in [1.165, 1.54) is 32.1 Å². The zero-order chi connectivity index (χ0) is 13.2. The summed E-state index contributed by atoms with van der Waals surface area (Å²) in [6, 6.07) is 0.0295. The van der Waals surface area contributed by atoms with Crippen LogP contribution in [0.3, 0.4) is 0 Å². The minimum absolute atomic E-state index is 0.0295. The van der Waals surface area contributed by atoms with E-state index >= 15 is 0 Å². The van der Waals surface area contributed by atoms with E-state index in [0.29, 0.717) is 24.8 Å². The number of rotatable bonds is 3. The SMILES string of the molecule is CCC1CCCC(c2noc([C@@H]3CC(O)CN3)n2)C1. The van der Waals surface area contributed by atoms with E-state index < -0.39 is 0 Å². The molecule has 0 amide bonds. The maximum absolute atomic E-state index is 9.53. The number of aliphatic hydroxyl groups excluding tert-OH is 1. The minimum Gasteiger partial charge on any atom is -0.392 e. The Labute approximate surface area is 113 Å². The molecule has 2 aliphatic rings. The molecule has 2 N–H and O–H groups in total. The maximum atomic E-state index is 9.53. The molecule has 2 heterocycles. The summed E-state index contributed by atoms with van der Waals surface area (Å²) in [5.41, 5.74) is 0. The Morgan fingerprint density at radius 1 is 1.37 bits per heavy atom. The van der Waals surface area contributed by atoms with Crippen molar-refractivity contribution in [2.45, 2.75) is 63.5 Å². The molecular formula is C14H23N3O2. The van der Waals surface area contributed by atoms with Gasteiger partial charge in [0.15, 0.2) is 5.82 Å². The van der Waals surface area contributed by atoms with Crippen LogP contribution in [-0.4, -0.2) is 27.9 Å². The van der Waals surface area contributed by atoms with Gasteiger partial charge in [0.25, 0.3) is 0 Å². The Hall–Kier alpha value is -0.940. The van der Waals surface area contributed by atoms with E-state index in [0.717, 1.165) is 11.7 Å². The monoisotopic (exact) mass is 265 g/mol. The molecule has 5 nitrogen and oxygen atoms in total. The fourth-order valence-corrected chi connectivity index (χ4v) is 3.36. The van der Waals surface area contributed by atoms with Crippen LogP contribution in [0.25, 0.3) is 0 Å². The predicted molar refractivity (Wildman–Crippen MR) is 70.7 cm³/mol. The lowest BCUT2D eigenvalue weighted by molar-refractivity contribution is 0.191. The van der Waals surface area contributed by atoms with Crippen LogP contribution in [0.4, 0.5) is 0 Å². The van der Waals surface area contributed by atoms with Crippen LogP contribution in [-0.2, 0) is 0 Å². The number of β-amino-alcohol motifs (C(OH)–C–C–N with tert-alkyl or cyclic N) is 1. The van der Waals surface area contributed by atoms with Gasteiger partial charge in [0.2, 0.25) is 5.89 Å². The number of nitrogens with zero attached hydrogens (tertiary/aromatic N) is 2. The van der Waals surface area contributed by atoms with Gasteiger partial charge in [-0.1, -0.05) is 31.3 Å². The first-order valence-electron chi connectivity index (χ1n) is 7.51. The molecule has 2 fully saturated rings. The van der Waals surface area contributed by atoms with Crippen LogP contribution in [0, 0.1) is 5.92 Å². The molecule has 19 heavy (non-hydrogen) atoms. The van der Waals surface area contributed by atoms with Gasteiger partial charge in [-0.15, -0.1) is 0 Å². The highest BCUT2D eigenvalue weighted by atomic mass is 16.5. The van der Waals surface area contributed by atoms with Gasteiger partial charge in [0.05, 0.1) is 12.1 Å². The number of hydrogen-bond donors (Lipinski definition) is 2. The second kappa shape index (κ2) is 5.59. The maximum Gasteiger partial charge on any atom is 0.243 e. The topological polar surface area (TPSA) is 71.2 Å². The number of nitrogens with one attached hydrogen (secondary N) is 1. The van der Waals surface area contributed by atoms with E-state index in [4.69, 9.17) is 4.52 Å². The fourth-order valence-electron chi connectivity index (χ4n) is 3.36. The van der Waals surface area contributed by atoms with E-state index in [9.17, 15) is 5.11 Å². The Morgan fingerprint density at radius 3 is 3.00 bits per heavy atom. The van der Waals surface area contributed by atoms with Crippen molar-refractivity contribution in [1.82, 2.24) is 15.5 Å². The molecular weight excluding hydrogens is 242 g/mol. The molecule has 1 aliphatic heterocycles. The van der Waals surface area contributed by atoms with Crippen LogP contribution < -0.4 is 5.32 Å². The van der Waals surface area contributed by atoms with Crippen LogP contribution >= 0.6 is 0 Å². The largest absolute Gasteiger partial charge is 0.392 e. The lowest BCUT2D eigenvalue weighted by Gasteiger charge is -2.26. The average Bonchev–Trinajstić information content (AvgIpc) is 3.07. The molecule has 0 aromatic carbocycles. The third kappa shape index (κ3) is 2.82. The normalized spacial score (nSPS) is 35.7. The van der Waals surface area contributed by atoms with Gasteiger partial charge in [-0.05, 0) is 25.2 Å². The van der Waals surface area contributed by atoms with Crippen LogP contribution in [0.2, 0.25) is 0 Å². The Balaban J connectivity index is 1.67. The molecule has 106 valence electrons. The van der Waals surface area contributed by atoms with Crippen LogP contribution in [0.15, 0.2) is 4.52 Å². The molecule has 0 bridgehead atoms. The Morgan fingerprint density at radius 2 is 2.26 bits per heavy atom. The predicted octanol–water partition coefficient (Wildman–Crippen LogP) is 2.15. The summed E-state index contributed by atoms with van der Waals surface area (Å²) in [4.78, 5) is 4.57. The first-order valence-corrected chi connectivity index (χ1v) is 7.51. The molecule has 3 unspecified atom stereocenters. The number of aromatic nitrogens is 2. The summed E-state index contributed by atoms with van der Waals surface area (Å²) < 4.78 is 5.38. The van der Waals surface area contributed by atoms with Crippen molar-refractivity contribution in [3.05, 3.63) is 11.7 Å². The van der Waals surface area contributed by atoms with E-state index in [-0.39, 0.29) is 12.1 Å². The Bertz CT molecular complexity index is 421. The first kappa shape index (κ1) is 13.1. The van der Waals surface area contributed by atoms with Crippen molar-refractivity contribution in [3.8, 4) is 0 Å². The van der Waals surface area contributed by atoms with Gasteiger partial charge in [-0.3, -0.25) is 0 Å². The highest BCUT2D eigenvalue weighted by Gasteiger charge is 2.30. The fraction of sp³-hybridized carbons (Fsp3) is 0.857. The molecule has 0 radical (unpaired) electrons. The minimum atomic E-state index is -0.292. The second-order valence-corrected chi connectivity index (χ2v) is 5.98. The summed E-state index contributed by atoms with van der Waals surface area (Å²) in [6.45, 7) is 2.88. The van der Waals surface area contributed by atoms with Crippen LogP contribution in [0.5, 0.6) is 0 Å². The molecule has 1 aliphatic carbocycles. The van der Waals surface area contributed by atoms with Crippen molar-refractivity contribution < 1.29 is 9.63 Å². The highest BCUT2D eigenvalue weighted by molar-refractivity contribution is 5.02. The van der Waals surface area contributed by atoms with Crippen molar-refractivity contribution in [3.63, 3.8) is 0 Å². The van der Waals surface area contributed by atoms with Crippen molar-refractivity contribution in [2.24, 2.45) is 5.92 Å². The standard InChI is InChI=1S/C14H23N3O2/c1-2-9-4-3-5-10(6-9)13-16-14(19-17-13)12-7-11(18)8-15-12/h9-12,15,18H,2-8H2,1H3/t9?,10?,11?,12-/m0/s1. The van der Waals surface area contributed by atoms with Crippen molar-refractivity contribution in [2.75, 3.05) is 6.54 Å². The van der Waals surface area contributed by atoms with Gasteiger partial charge in [-0.25, -0.2) is 0 Å². The van der Waals surface area contributed by atoms with Crippen molar-refractivity contribution in [1.29, 1.82) is 0 Å². The smallest absolute Gasteiger partial charge is 0.243 e. The third-order valence-corrected chi connectivity index (χ3v) is 4.59. The van der Waals surface area contributed by atoms with E-state index in [1.807, 2.05) is 0 Å². The summed E-state index contributed by atoms with van der Waals surface area (Å²) in [6.07, 6.45) is 6.61. The molecule has 1 saturated carbocycles. The van der Waals surface area contributed by atoms with Gasteiger partial charge in [0.1, 0.15) is 0 Å². The highest BCUT2D eigenvalue weighted by Crippen LogP contribution is 2.36. The van der Waals surface area contributed by atoms with E-state index in [1.54, 1.807) is 0 Å². The van der Waals surface area contributed by atoms with Gasteiger partial charge < -0.3 is 14.9 Å².